The van der Waals surface area contributed by atoms with E-state index in [0.717, 1.165) is 18.4 Å². The quantitative estimate of drug-likeness (QED) is 0.853. The molecule has 1 saturated carbocycles. The van der Waals surface area contributed by atoms with Crippen LogP contribution in [0.25, 0.3) is 0 Å². The predicted octanol–water partition coefficient (Wildman–Crippen LogP) is 2.82. The van der Waals surface area contributed by atoms with Crippen molar-refractivity contribution in [3.05, 3.63) is 58.8 Å². The molecule has 2 N–H and O–H groups in total. The van der Waals surface area contributed by atoms with Crippen molar-refractivity contribution in [3.8, 4) is 0 Å². The summed E-state index contributed by atoms with van der Waals surface area (Å²) >= 11 is 0. The van der Waals surface area contributed by atoms with E-state index in [1.54, 1.807) is 19.1 Å². The van der Waals surface area contributed by atoms with Gasteiger partial charge in [0, 0.05) is 17.5 Å². The van der Waals surface area contributed by atoms with Crippen LogP contribution in [-0.2, 0) is 16.6 Å². The maximum Gasteiger partial charge on any atom is 0.311 e. The highest BCUT2D eigenvalue weighted by molar-refractivity contribution is 5.97. The van der Waals surface area contributed by atoms with Crippen molar-refractivity contribution in [3.63, 3.8) is 0 Å². The van der Waals surface area contributed by atoms with Crippen molar-refractivity contribution in [2.45, 2.75) is 31.6 Å². The average molecular weight is 331 g/mol. The third kappa shape index (κ3) is 3.18. The monoisotopic (exact) mass is 331 g/mol. The van der Waals surface area contributed by atoms with Gasteiger partial charge in [0.25, 0.3) is 5.91 Å². The number of hydrogen-bond acceptors (Lipinski definition) is 3. The van der Waals surface area contributed by atoms with Crippen LogP contribution in [0.2, 0.25) is 0 Å². The lowest BCUT2D eigenvalue weighted by atomic mass is 9.95. The molecule has 0 atom stereocenters. The van der Waals surface area contributed by atoms with Crippen LogP contribution in [0.1, 0.15) is 40.1 Å². The van der Waals surface area contributed by atoms with Gasteiger partial charge in [-0.15, -0.1) is 0 Å². The molecule has 1 fully saturated rings. The standard InChI is InChI=1S/C18H18FNO4/c1-11-9-24-14(8-15(21)22)16(11)17(23)20-10-18(6-7-18)12-2-4-13(19)5-3-12/h2-5,9H,6-8,10H2,1H3,(H,20,23)(H,21,22). The Hall–Kier alpha value is -2.63. The van der Waals surface area contributed by atoms with E-state index in [4.69, 9.17) is 9.52 Å². The molecule has 6 heteroatoms. The van der Waals surface area contributed by atoms with E-state index in [0.29, 0.717) is 12.1 Å². The SMILES string of the molecule is Cc1coc(CC(=O)O)c1C(=O)NCC1(c2ccc(F)cc2)CC1. The number of aryl methyl sites for hydroxylation is 1. The maximum absolute atomic E-state index is 13.1. The van der Waals surface area contributed by atoms with Gasteiger partial charge >= 0.3 is 5.97 Å². The molecule has 1 aromatic carbocycles. The van der Waals surface area contributed by atoms with E-state index < -0.39 is 5.97 Å². The normalized spacial score (nSPS) is 15.1. The number of carbonyl (C=O) groups is 2. The largest absolute Gasteiger partial charge is 0.481 e. The Labute approximate surface area is 138 Å². The molecule has 2 aromatic rings. The lowest BCUT2D eigenvalue weighted by Gasteiger charge is -2.17. The summed E-state index contributed by atoms with van der Waals surface area (Å²) in [7, 11) is 0. The highest BCUT2D eigenvalue weighted by Gasteiger charge is 2.44. The van der Waals surface area contributed by atoms with Crippen molar-refractivity contribution < 1.29 is 23.5 Å². The number of carboxylic acid groups (broad SMARTS) is 1. The molecule has 1 aliphatic carbocycles. The van der Waals surface area contributed by atoms with Crippen molar-refractivity contribution in [2.24, 2.45) is 0 Å². The minimum Gasteiger partial charge on any atom is -0.481 e. The molecule has 0 spiro atoms. The number of rotatable bonds is 6. The van der Waals surface area contributed by atoms with Gasteiger partial charge in [0.05, 0.1) is 11.8 Å². The zero-order valence-corrected chi connectivity index (χ0v) is 13.3. The van der Waals surface area contributed by atoms with E-state index in [2.05, 4.69) is 5.32 Å². The molecule has 0 unspecified atom stereocenters. The second kappa shape index (κ2) is 6.11. The van der Waals surface area contributed by atoms with Gasteiger partial charge in [-0.25, -0.2) is 4.39 Å². The second-order valence-corrected chi connectivity index (χ2v) is 6.26. The number of nitrogens with one attached hydrogen (secondary N) is 1. The summed E-state index contributed by atoms with van der Waals surface area (Å²) in [6.45, 7) is 2.13. The van der Waals surface area contributed by atoms with Gasteiger partial charge < -0.3 is 14.8 Å². The third-order valence-electron chi connectivity index (χ3n) is 4.49. The Morgan fingerprint density at radius 1 is 1.29 bits per heavy atom. The number of aliphatic carboxylic acids is 1. The van der Waals surface area contributed by atoms with Gasteiger partial charge in [-0.1, -0.05) is 12.1 Å². The molecule has 24 heavy (non-hydrogen) atoms. The Kier molecular flexibility index (Phi) is 4.13. The van der Waals surface area contributed by atoms with E-state index in [1.807, 2.05) is 0 Å². The van der Waals surface area contributed by atoms with Gasteiger partial charge in [-0.05, 0) is 37.5 Å². The van der Waals surface area contributed by atoms with Gasteiger partial charge in [-0.3, -0.25) is 9.59 Å². The molecule has 1 amide bonds. The minimum atomic E-state index is -1.05. The Morgan fingerprint density at radius 2 is 1.96 bits per heavy atom. The number of benzene rings is 1. The molecular formula is C18H18FNO4. The van der Waals surface area contributed by atoms with Crippen LogP contribution in [0.15, 0.2) is 34.9 Å². The van der Waals surface area contributed by atoms with Gasteiger partial charge in [-0.2, -0.15) is 0 Å². The number of hydrogen-bond donors (Lipinski definition) is 2. The highest BCUT2D eigenvalue weighted by atomic mass is 19.1. The number of carboxylic acids is 1. The molecule has 0 aliphatic heterocycles. The zero-order valence-electron chi connectivity index (χ0n) is 13.3. The fourth-order valence-electron chi connectivity index (χ4n) is 2.93. The number of furan rings is 1. The molecule has 1 aliphatic rings. The molecule has 0 saturated heterocycles. The third-order valence-corrected chi connectivity index (χ3v) is 4.49. The molecular weight excluding hydrogens is 313 g/mol. The van der Waals surface area contributed by atoms with Crippen LogP contribution in [0.3, 0.4) is 0 Å². The summed E-state index contributed by atoms with van der Waals surface area (Å²) in [4.78, 5) is 23.3. The summed E-state index contributed by atoms with van der Waals surface area (Å²) in [5.74, 6) is -1.52. The lowest BCUT2D eigenvalue weighted by Crippen LogP contribution is -2.33. The number of halogens is 1. The van der Waals surface area contributed by atoms with E-state index >= 15 is 0 Å². The second-order valence-electron chi connectivity index (χ2n) is 6.26. The fraction of sp³-hybridized carbons (Fsp3) is 0.333. The first kappa shape index (κ1) is 16.2. The fourth-order valence-corrected chi connectivity index (χ4v) is 2.93. The van der Waals surface area contributed by atoms with Gasteiger partial charge in [0.2, 0.25) is 0 Å². The number of carbonyl (C=O) groups excluding carboxylic acids is 1. The summed E-state index contributed by atoms with van der Waals surface area (Å²) < 4.78 is 18.2. The van der Waals surface area contributed by atoms with E-state index in [9.17, 15) is 14.0 Å². The first-order chi connectivity index (χ1) is 11.4. The summed E-state index contributed by atoms with van der Waals surface area (Å²) in [5.41, 5.74) is 1.73. The smallest absolute Gasteiger partial charge is 0.311 e. The maximum atomic E-state index is 13.1. The van der Waals surface area contributed by atoms with Crippen molar-refractivity contribution in [1.82, 2.24) is 5.32 Å². The van der Waals surface area contributed by atoms with Gasteiger partial charge in [0.15, 0.2) is 0 Å². The predicted molar refractivity (Wildman–Crippen MR) is 84.4 cm³/mol. The molecule has 1 aromatic heterocycles. The zero-order chi connectivity index (χ0) is 17.3. The molecule has 0 bridgehead atoms. The summed E-state index contributed by atoms with van der Waals surface area (Å²) in [5, 5.41) is 11.8. The van der Waals surface area contributed by atoms with Crippen LogP contribution in [0.4, 0.5) is 4.39 Å². The topological polar surface area (TPSA) is 79.5 Å². The Morgan fingerprint density at radius 3 is 2.54 bits per heavy atom. The van der Waals surface area contributed by atoms with Crippen LogP contribution < -0.4 is 5.32 Å². The Balaban J connectivity index is 1.71. The molecule has 126 valence electrons. The van der Waals surface area contributed by atoms with Gasteiger partial charge in [0.1, 0.15) is 18.0 Å². The van der Waals surface area contributed by atoms with Crippen molar-refractivity contribution in [1.29, 1.82) is 0 Å². The van der Waals surface area contributed by atoms with Crippen LogP contribution >= 0.6 is 0 Å². The highest BCUT2D eigenvalue weighted by Crippen LogP contribution is 2.47. The van der Waals surface area contributed by atoms with Crippen molar-refractivity contribution in [2.75, 3.05) is 6.54 Å². The molecule has 1 heterocycles. The first-order valence-corrected chi connectivity index (χ1v) is 7.74. The number of amides is 1. The van der Waals surface area contributed by atoms with E-state index in [1.165, 1.54) is 18.4 Å². The molecule has 3 rings (SSSR count). The van der Waals surface area contributed by atoms with Crippen LogP contribution in [0, 0.1) is 12.7 Å². The van der Waals surface area contributed by atoms with E-state index in [-0.39, 0.29) is 34.9 Å². The van der Waals surface area contributed by atoms with Crippen molar-refractivity contribution >= 4 is 11.9 Å². The average Bonchev–Trinajstić information content (AvgIpc) is 3.24. The minimum absolute atomic E-state index is 0.157. The first-order valence-electron chi connectivity index (χ1n) is 7.74. The van der Waals surface area contributed by atoms with Crippen LogP contribution in [-0.4, -0.2) is 23.5 Å². The molecule has 5 nitrogen and oxygen atoms in total. The lowest BCUT2D eigenvalue weighted by molar-refractivity contribution is -0.136. The summed E-state index contributed by atoms with van der Waals surface area (Å²) in [6.07, 6.45) is 2.90. The Bertz CT molecular complexity index is 775. The summed E-state index contributed by atoms with van der Waals surface area (Å²) in [6, 6.07) is 6.33. The van der Waals surface area contributed by atoms with Crippen LogP contribution in [0.5, 0.6) is 0 Å². The molecule has 0 radical (unpaired) electrons.